The summed E-state index contributed by atoms with van der Waals surface area (Å²) in [5.74, 6) is -0.513. The van der Waals surface area contributed by atoms with E-state index in [1.807, 2.05) is 0 Å². The third-order valence-electron chi connectivity index (χ3n) is 3.82. The molecule has 0 amide bonds. The Morgan fingerprint density at radius 1 is 1.30 bits per heavy atom. The van der Waals surface area contributed by atoms with Crippen LogP contribution in [0.2, 0.25) is 0 Å². The first kappa shape index (κ1) is 16.8. The Labute approximate surface area is 135 Å². The number of phenolic OH excluding ortho intramolecular Hbond substituents is 1. The van der Waals surface area contributed by atoms with E-state index >= 15 is 0 Å². The average molecular weight is 316 g/mol. The highest BCUT2D eigenvalue weighted by Gasteiger charge is 2.39. The molecular formula is C18H20O5. The summed E-state index contributed by atoms with van der Waals surface area (Å²) >= 11 is 0. The lowest BCUT2D eigenvalue weighted by Gasteiger charge is -2.20. The van der Waals surface area contributed by atoms with Gasteiger partial charge < -0.3 is 14.6 Å². The highest BCUT2D eigenvalue weighted by Crippen LogP contribution is 2.44. The van der Waals surface area contributed by atoms with E-state index in [0.29, 0.717) is 22.5 Å². The van der Waals surface area contributed by atoms with Crippen LogP contribution in [0.3, 0.4) is 0 Å². The van der Waals surface area contributed by atoms with Crippen molar-refractivity contribution < 1.29 is 24.2 Å². The average Bonchev–Trinajstić information content (AvgIpc) is 2.83. The number of carbonyl (C=O) groups is 2. The molecule has 23 heavy (non-hydrogen) atoms. The molecule has 1 heterocycles. The zero-order valence-electron chi connectivity index (χ0n) is 13.7. The Morgan fingerprint density at radius 2 is 1.96 bits per heavy atom. The summed E-state index contributed by atoms with van der Waals surface area (Å²) in [5.41, 5.74) is 1.88. The van der Waals surface area contributed by atoms with Crippen molar-refractivity contribution in [2.75, 3.05) is 0 Å². The van der Waals surface area contributed by atoms with Crippen molar-refractivity contribution in [2.45, 2.75) is 39.9 Å². The number of carbonyl (C=O) groups excluding carboxylic acids is 2. The molecule has 0 saturated heterocycles. The molecule has 0 saturated carbocycles. The molecule has 2 atom stereocenters. The molecule has 0 spiro atoms. The third kappa shape index (κ3) is 3.13. The second-order valence-electron chi connectivity index (χ2n) is 5.65. The van der Waals surface area contributed by atoms with Crippen molar-refractivity contribution in [3.8, 4) is 11.5 Å². The van der Waals surface area contributed by atoms with E-state index in [0.717, 1.165) is 0 Å². The lowest BCUT2D eigenvalue weighted by molar-refractivity contribution is -0.146. The van der Waals surface area contributed by atoms with Gasteiger partial charge in [-0.25, -0.2) is 4.79 Å². The van der Waals surface area contributed by atoms with Crippen molar-refractivity contribution in [1.82, 2.24) is 0 Å². The number of ketones is 1. The largest absolute Gasteiger partial charge is 0.507 e. The first-order chi connectivity index (χ1) is 10.8. The van der Waals surface area contributed by atoms with Crippen LogP contribution in [-0.4, -0.2) is 23.0 Å². The predicted molar refractivity (Wildman–Crippen MR) is 85.6 cm³/mol. The van der Waals surface area contributed by atoms with E-state index in [-0.39, 0.29) is 17.1 Å². The van der Waals surface area contributed by atoms with Gasteiger partial charge in [0.25, 0.3) is 0 Å². The number of fused-ring (bicyclic) bond motifs is 1. The van der Waals surface area contributed by atoms with Gasteiger partial charge in [-0.15, -0.1) is 0 Å². The Bertz CT molecular complexity index is 714. The van der Waals surface area contributed by atoms with Gasteiger partial charge in [0.05, 0.1) is 5.56 Å². The van der Waals surface area contributed by atoms with Crippen molar-refractivity contribution in [1.29, 1.82) is 0 Å². The van der Waals surface area contributed by atoms with Crippen LogP contribution in [0.1, 0.15) is 49.7 Å². The fraction of sp³-hybridized carbons (Fsp3) is 0.333. The van der Waals surface area contributed by atoms with Crippen LogP contribution in [0.4, 0.5) is 0 Å². The normalized spacial score (nSPS) is 19.7. The molecule has 2 rings (SSSR count). The maximum absolute atomic E-state index is 12.1. The van der Waals surface area contributed by atoms with Gasteiger partial charge in [-0.1, -0.05) is 12.7 Å². The molecular weight excluding hydrogens is 296 g/mol. The predicted octanol–water partition coefficient (Wildman–Crippen LogP) is 3.48. The molecule has 122 valence electrons. The number of rotatable bonds is 4. The molecule has 1 aromatic rings. The minimum absolute atomic E-state index is 0.159. The summed E-state index contributed by atoms with van der Waals surface area (Å²) < 4.78 is 11.3. The number of esters is 1. The molecule has 1 N–H and O–H groups in total. The summed E-state index contributed by atoms with van der Waals surface area (Å²) in [6.07, 6.45) is 0.399. The highest BCUT2D eigenvalue weighted by atomic mass is 16.6. The Kier molecular flexibility index (Phi) is 4.59. The summed E-state index contributed by atoms with van der Waals surface area (Å²) in [5, 5.41) is 9.92. The topological polar surface area (TPSA) is 72.8 Å². The number of ether oxygens (including phenoxy) is 2. The monoisotopic (exact) mass is 316 g/mol. The van der Waals surface area contributed by atoms with Crippen LogP contribution in [0.5, 0.6) is 11.5 Å². The van der Waals surface area contributed by atoms with Crippen molar-refractivity contribution in [3.05, 3.63) is 47.1 Å². The molecule has 1 aliphatic heterocycles. The zero-order valence-corrected chi connectivity index (χ0v) is 13.7. The Balaban J connectivity index is 2.47. The number of benzene rings is 1. The van der Waals surface area contributed by atoms with Gasteiger partial charge >= 0.3 is 5.97 Å². The SMILES string of the molecule is C=C(C)[C@H]1Oc2cc(O)c(C(C)=O)cc2[C@@H]1OC(=O)C(C)=CC. The van der Waals surface area contributed by atoms with Gasteiger partial charge in [-0.3, -0.25) is 4.79 Å². The van der Waals surface area contributed by atoms with Gasteiger partial charge in [0.1, 0.15) is 11.5 Å². The van der Waals surface area contributed by atoms with Crippen LogP contribution in [0, 0.1) is 0 Å². The molecule has 0 unspecified atom stereocenters. The summed E-state index contributed by atoms with van der Waals surface area (Å²) in [6.45, 7) is 10.4. The molecule has 0 radical (unpaired) electrons. The quantitative estimate of drug-likeness (QED) is 0.398. The highest BCUT2D eigenvalue weighted by molar-refractivity contribution is 5.97. The molecule has 0 aromatic heterocycles. The van der Waals surface area contributed by atoms with Crippen molar-refractivity contribution in [3.63, 3.8) is 0 Å². The minimum Gasteiger partial charge on any atom is -0.507 e. The van der Waals surface area contributed by atoms with E-state index in [1.54, 1.807) is 26.8 Å². The second kappa shape index (κ2) is 6.28. The van der Waals surface area contributed by atoms with Gasteiger partial charge in [0, 0.05) is 17.2 Å². The molecule has 1 aliphatic rings. The number of phenols is 1. The first-order valence-electron chi connectivity index (χ1n) is 7.30. The van der Waals surface area contributed by atoms with Gasteiger partial charge in [0.2, 0.25) is 0 Å². The fourth-order valence-corrected chi connectivity index (χ4v) is 2.36. The second-order valence-corrected chi connectivity index (χ2v) is 5.65. The number of hydrogen-bond donors (Lipinski definition) is 1. The first-order valence-corrected chi connectivity index (χ1v) is 7.30. The van der Waals surface area contributed by atoms with E-state index in [1.165, 1.54) is 19.1 Å². The van der Waals surface area contributed by atoms with E-state index in [2.05, 4.69) is 6.58 Å². The molecule has 0 bridgehead atoms. The molecule has 5 nitrogen and oxygen atoms in total. The van der Waals surface area contributed by atoms with Gasteiger partial charge in [0.15, 0.2) is 18.0 Å². The Morgan fingerprint density at radius 3 is 2.48 bits per heavy atom. The summed E-state index contributed by atoms with van der Waals surface area (Å²) in [4.78, 5) is 23.7. The number of allylic oxidation sites excluding steroid dienone is 1. The third-order valence-corrected chi connectivity index (χ3v) is 3.82. The maximum Gasteiger partial charge on any atom is 0.334 e. The number of Topliss-reactive ketones (excluding diaryl/α,β-unsaturated/α-hetero) is 1. The van der Waals surface area contributed by atoms with E-state index in [9.17, 15) is 14.7 Å². The van der Waals surface area contributed by atoms with Crippen LogP contribution in [0.25, 0.3) is 0 Å². The Hall–Kier alpha value is -2.56. The van der Waals surface area contributed by atoms with Crippen molar-refractivity contribution in [2.24, 2.45) is 0 Å². The minimum atomic E-state index is -0.705. The lowest BCUT2D eigenvalue weighted by atomic mass is 9.98. The maximum atomic E-state index is 12.1. The number of aromatic hydroxyl groups is 1. The molecule has 1 aromatic carbocycles. The van der Waals surface area contributed by atoms with E-state index in [4.69, 9.17) is 9.47 Å². The zero-order chi connectivity index (χ0) is 17.3. The lowest BCUT2D eigenvalue weighted by Crippen LogP contribution is -2.24. The molecule has 5 heteroatoms. The van der Waals surface area contributed by atoms with Crippen molar-refractivity contribution >= 4 is 11.8 Å². The van der Waals surface area contributed by atoms with Crippen LogP contribution in [-0.2, 0) is 9.53 Å². The summed E-state index contributed by atoms with van der Waals surface area (Å²) in [6, 6.07) is 2.89. The van der Waals surface area contributed by atoms with Gasteiger partial charge in [-0.05, 0) is 39.3 Å². The van der Waals surface area contributed by atoms with Crippen LogP contribution >= 0.6 is 0 Å². The fourth-order valence-electron chi connectivity index (χ4n) is 2.36. The number of hydrogen-bond acceptors (Lipinski definition) is 5. The van der Waals surface area contributed by atoms with E-state index < -0.39 is 18.2 Å². The van der Waals surface area contributed by atoms with Gasteiger partial charge in [-0.2, -0.15) is 0 Å². The molecule has 0 aliphatic carbocycles. The van der Waals surface area contributed by atoms with Crippen LogP contribution in [0.15, 0.2) is 35.9 Å². The smallest absolute Gasteiger partial charge is 0.334 e. The summed E-state index contributed by atoms with van der Waals surface area (Å²) in [7, 11) is 0. The standard InChI is InChI=1S/C18H20O5/c1-6-10(4)18(21)23-17-13-7-12(11(5)19)14(20)8-15(13)22-16(17)9(2)3/h6-8,16-17,20H,2H2,1,3-5H3/t16-,17+/m1/s1. The van der Waals surface area contributed by atoms with Crippen LogP contribution < -0.4 is 4.74 Å². The molecule has 0 fully saturated rings.